The van der Waals surface area contributed by atoms with Gasteiger partial charge in [0.25, 0.3) is 0 Å². The molecule has 1 saturated heterocycles. The van der Waals surface area contributed by atoms with Gasteiger partial charge in [-0.25, -0.2) is 0 Å². The monoisotopic (exact) mass is 255 g/mol. The molecule has 2 rings (SSSR count). The van der Waals surface area contributed by atoms with Gasteiger partial charge < -0.3 is 15.2 Å². The van der Waals surface area contributed by atoms with Crippen molar-refractivity contribution in [2.24, 2.45) is 17.1 Å². The van der Waals surface area contributed by atoms with E-state index in [1.807, 2.05) is 0 Å². The van der Waals surface area contributed by atoms with Crippen LogP contribution in [0.2, 0.25) is 0 Å². The van der Waals surface area contributed by atoms with Gasteiger partial charge in [-0.05, 0) is 43.4 Å². The molecule has 3 nitrogen and oxygen atoms in total. The molecule has 2 N–H and O–H groups in total. The Labute approximate surface area is 111 Å². The summed E-state index contributed by atoms with van der Waals surface area (Å²) in [6.07, 6.45) is 6.10. The lowest BCUT2D eigenvalue weighted by atomic mass is 9.68. The minimum Gasteiger partial charge on any atom is -0.379 e. The maximum Gasteiger partial charge on any atom is 0.0772 e. The highest BCUT2D eigenvalue weighted by atomic mass is 16.5. The molecular formula is C15H29NO2. The second kappa shape index (κ2) is 5.10. The zero-order valence-corrected chi connectivity index (χ0v) is 12.4. The summed E-state index contributed by atoms with van der Waals surface area (Å²) >= 11 is 0. The Kier molecular flexibility index (Phi) is 4.05. The summed E-state index contributed by atoms with van der Waals surface area (Å²) in [5, 5.41) is 0. The van der Waals surface area contributed by atoms with Gasteiger partial charge >= 0.3 is 0 Å². The van der Waals surface area contributed by atoms with Crippen molar-refractivity contribution in [1.29, 1.82) is 0 Å². The van der Waals surface area contributed by atoms with Gasteiger partial charge in [-0.3, -0.25) is 0 Å². The largest absolute Gasteiger partial charge is 0.379 e. The van der Waals surface area contributed by atoms with E-state index in [-0.39, 0.29) is 23.2 Å². The summed E-state index contributed by atoms with van der Waals surface area (Å²) in [5.74, 6) is 0.545. The van der Waals surface area contributed by atoms with Crippen molar-refractivity contribution in [3.05, 3.63) is 0 Å². The van der Waals surface area contributed by atoms with Crippen LogP contribution < -0.4 is 5.73 Å². The second-order valence-corrected chi connectivity index (χ2v) is 7.24. The molecule has 1 saturated carbocycles. The SMILES string of the molecule is COC(C(N)C1CCOC2(CCC2)C1)C(C)(C)C. The van der Waals surface area contributed by atoms with Gasteiger partial charge in [0.05, 0.1) is 11.7 Å². The molecule has 0 amide bonds. The molecule has 0 aromatic carbocycles. The maximum absolute atomic E-state index is 6.51. The summed E-state index contributed by atoms with van der Waals surface area (Å²) in [6, 6.07) is 0.122. The van der Waals surface area contributed by atoms with E-state index in [1.165, 1.54) is 19.3 Å². The highest BCUT2D eigenvalue weighted by molar-refractivity contribution is 4.98. The van der Waals surface area contributed by atoms with Crippen LogP contribution in [0.25, 0.3) is 0 Å². The molecule has 1 aliphatic carbocycles. The Hall–Kier alpha value is -0.120. The van der Waals surface area contributed by atoms with E-state index in [4.69, 9.17) is 15.2 Å². The molecule has 1 spiro atoms. The Morgan fingerprint density at radius 2 is 2.00 bits per heavy atom. The van der Waals surface area contributed by atoms with Crippen LogP contribution in [0.3, 0.4) is 0 Å². The number of ether oxygens (including phenoxy) is 2. The van der Waals surface area contributed by atoms with Crippen molar-refractivity contribution in [3.63, 3.8) is 0 Å². The molecule has 106 valence electrons. The van der Waals surface area contributed by atoms with Crippen molar-refractivity contribution in [2.75, 3.05) is 13.7 Å². The average Bonchev–Trinajstić information content (AvgIpc) is 2.26. The molecule has 0 bridgehead atoms. The van der Waals surface area contributed by atoms with Crippen molar-refractivity contribution in [3.8, 4) is 0 Å². The topological polar surface area (TPSA) is 44.5 Å². The Bertz CT molecular complexity index is 281. The van der Waals surface area contributed by atoms with Crippen molar-refractivity contribution < 1.29 is 9.47 Å². The Morgan fingerprint density at radius 3 is 2.44 bits per heavy atom. The highest BCUT2D eigenvalue weighted by Gasteiger charge is 2.46. The predicted molar refractivity (Wildman–Crippen MR) is 73.5 cm³/mol. The third-order valence-corrected chi connectivity index (χ3v) is 4.80. The molecule has 1 aliphatic heterocycles. The minimum absolute atomic E-state index is 0.0965. The third-order valence-electron chi connectivity index (χ3n) is 4.80. The van der Waals surface area contributed by atoms with Crippen molar-refractivity contribution in [2.45, 2.75) is 70.6 Å². The number of rotatable bonds is 3. The van der Waals surface area contributed by atoms with Crippen LogP contribution in [0, 0.1) is 11.3 Å². The predicted octanol–water partition coefficient (Wildman–Crippen LogP) is 2.72. The molecule has 3 heteroatoms. The first kappa shape index (κ1) is 14.3. The van der Waals surface area contributed by atoms with Crippen LogP contribution in [0.1, 0.15) is 52.9 Å². The fourth-order valence-electron chi connectivity index (χ4n) is 3.65. The molecule has 0 radical (unpaired) electrons. The summed E-state index contributed by atoms with van der Waals surface area (Å²) in [6.45, 7) is 7.50. The summed E-state index contributed by atoms with van der Waals surface area (Å²) in [5.41, 5.74) is 6.78. The van der Waals surface area contributed by atoms with Gasteiger partial charge in [0.15, 0.2) is 0 Å². The van der Waals surface area contributed by atoms with Crippen LogP contribution in [-0.2, 0) is 9.47 Å². The van der Waals surface area contributed by atoms with Gasteiger partial charge in [-0.2, -0.15) is 0 Å². The van der Waals surface area contributed by atoms with Crippen LogP contribution in [-0.4, -0.2) is 31.5 Å². The van der Waals surface area contributed by atoms with E-state index in [0.29, 0.717) is 5.92 Å². The smallest absolute Gasteiger partial charge is 0.0772 e. The average molecular weight is 255 g/mol. The molecule has 1 heterocycles. The molecule has 3 unspecified atom stereocenters. The van der Waals surface area contributed by atoms with Crippen LogP contribution in [0.5, 0.6) is 0 Å². The second-order valence-electron chi connectivity index (χ2n) is 7.24. The van der Waals surface area contributed by atoms with E-state index in [9.17, 15) is 0 Å². The fourth-order valence-corrected chi connectivity index (χ4v) is 3.65. The molecule has 0 aromatic heterocycles. The molecule has 2 fully saturated rings. The zero-order chi connectivity index (χ0) is 13.4. The van der Waals surface area contributed by atoms with Crippen LogP contribution >= 0.6 is 0 Å². The number of hydrogen-bond acceptors (Lipinski definition) is 3. The summed E-state index contributed by atoms with van der Waals surface area (Å²) < 4.78 is 11.7. The quantitative estimate of drug-likeness (QED) is 0.843. The lowest BCUT2D eigenvalue weighted by molar-refractivity contribution is -0.153. The lowest BCUT2D eigenvalue weighted by Crippen LogP contribution is -2.55. The van der Waals surface area contributed by atoms with Gasteiger partial charge in [-0.1, -0.05) is 20.8 Å². The van der Waals surface area contributed by atoms with E-state index < -0.39 is 0 Å². The number of methoxy groups -OCH3 is 1. The van der Waals surface area contributed by atoms with E-state index in [2.05, 4.69) is 20.8 Å². The van der Waals surface area contributed by atoms with E-state index in [0.717, 1.165) is 19.4 Å². The molecular weight excluding hydrogens is 226 g/mol. The summed E-state index contributed by atoms with van der Waals surface area (Å²) in [7, 11) is 1.79. The van der Waals surface area contributed by atoms with Crippen LogP contribution in [0.4, 0.5) is 0 Å². The van der Waals surface area contributed by atoms with Crippen molar-refractivity contribution >= 4 is 0 Å². The van der Waals surface area contributed by atoms with Gasteiger partial charge in [0.2, 0.25) is 0 Å². The highest BCUT2D eigenvalue weighted by Crippen LogP contribution is 2.45. The van der Waals surface area contributed by atoms with Gasteiger partial charge in [-0.15, -0.1) is 0 Å². The first-order chi connectivity index (χ1) is 8.38. The number of hydrogen-bond donors (Lipinski definition) is 1. The first-order valence-corrected chi connectivity index (χ1v) is 7.30. The molecule has 2 aliphatic rings. The lowest BCUT2D eigenvalue weighted by Gasteiger charge is -2.50. The Morgan fingerprint density at radius 1 is 1.33 bits per heavy atom. The fraction of sp³-hybridized carbons (Fsp3) is 1.00. The third kappa shape index (κ3) is 2.73. The summed E-state index contributed by atoms with van der Waals surface area (Å²) in [4.78, 5) is 0. The normalized spacial score (nSPS) is 30.8. The Balaban J connectivity index is 2.01. The molecule has 3 atom stereocenters. The standard InChI is InChI=1S/C15H29NO2/c1-14(2,3)13(17-4)12(16)11-6-9-18-15(10-11)7-5-8-15/h11-13H,5-10,16H2,1-4H3. The minimum atomic E-state index is 0.0965. The number of nitrogens with two attached hydrogens (primary N) is 1. The maximum atomic E-state index is 6.51. The van der Waals surface area contributed by atoms with E-state index in [1.54, 1.807) is 7.11 Å². The molecule has 18 heavy (non-hydrogen) atoms. The van der Waals surface area contributed by atoms with E-state index >= 15 is 0 Å². The van der Waals surface area contributed by atoms with Gasteiger partial charge in [0, 0.05) is 19.8 Å². The molecule has 0 aromatic rings. The van der Waals surface area contributed by atoms with Crippen molar-refractivity contribution in [1.82, 2.24) is 0 Å². The van der Waals surface area contributed by atoms with Gasteiger partial charge in [0.1, 0.15) is 0 Å². The zero-order valence-electron chi connectivity index (χ0n) is 12.4. The van der Waals surface area contributed by atoms with Crippen LogP contribution in [0.15, 0.2) is 0 Å². The first-order valence-electron chi connectivity index (χ1n) is 7.30.